The zero-order valence-electron chi connectivity index (χ0n) is 10.8. The lowest BCUT2D eigenvalue weighted by atomic mass is 9.97. The number of hydrogen-bond donors (Lipinski definition) is 0. The van der Waals surface area contributed by atoms with Gasteiger partial charge in [0, 0.05) is 12.0 Å². The third kappa shape index (κ3) is 1.82. The smallest absolute Gasteiger partial charge is 0.337 e. The Morgan fingerprint density at radius 1 is 1.37 bits per heavy atom. The van der Waals surface area contributed by atoms with Crippen molar-refractivity contribution in [1.29, 1.82) is 0 Å². The quantitative estimate of drug-likeness (QED) is 0.766. The maximum atomic E-state index is 11.9. The highest BCUT2D eigenvalue weighted by molar-refractivity contribution is 7.92. The molecule has 2 aliphatic rings. The first-order valence-electron chi connectivity index (χ1n) is 6.08. The van der Waals surface area contributed by atoms with Crippen LogP contribution in [0.2, 0.25) is 0 Å². The maximum absolute atomic E-state index is 11.9. The zero-order chi connectivity index (χ0) is 13.8. The largest absolute Gasteiger partial charge is 0.465 e. The maximum Gasteiger partial charge on any atom is 0.337 e. The van der Waals surface area contributed by atoms with E-state index in [1.54, 1.807) is 12.1 Å². The number of carbonyl (C=O) groups excluding carboxylic acids is 1. The number of sulfonamides is 1. The van der Waals surface area contributed by atoms with Gasteiger partial charge in [-0.2, -0.15) is 0 Å². The highest BCUT2D eigenvalue weighted by Crippen LogP contribution is 2.57. The summed E-state index contributed by atoms with van der Waals surface area (Å²) in [6.07, 6.45) is 3.20. The highest BCUT2D eigenvalue weighted by Gasteiger charge is 2.53. The number of carbonyl (C=O) groups is 1. The van der Waals surface area contributed by atoms with Crippen molar-refractivity contribution in [3.8, 4) is 0 Å². The molecular formula is C13H15NO4S. The Morgan fingerprint density at radius 2 is 2.05 bits per heavy atom. The lowest BCUT2D eigenvalue weighted by Crippen LogP contribution is -2.30. The molecule has 0 aromatic heterocycles. The molecule has 0 unspecified atom stereocenters. The van der Waals surface area contributed by atoms with Gasteiger partial charge in [0.25, 0.3) is 0 Å². The average molecular weight is 281 g/mol. The third-order valence-electron chi connectivity index (χ3n) is 3.96. The van der Waals surface area contributed by atoms with Gasteiger partial charge >= 0.3 is 5.97 Å². The van der Waals surface area contributed by atoms with Crippen LogP contribution in [0.4, 0.5) is 5.69 Å². The zero-order valence-corrected chi connectivity index (χ0v) is 11.7. The van der Waals surface area contributed by atoms with Crippen molar-refractivity contribution in [3.63, 3.8) is 0 Å². The van der Waals surface area contributed by atoms with E-state index in [-0.39, 0.29) is 5.41 Å². The van der Waals surface area contributed by atoms with Crippen LogP contribution in [0.1, 0.15) is 28.8 Å². The van der Waals surface area contributed by atoms with E-state index >= 15 is 0 Å². The van der Waals surface area contributed by atoms with E-state index in [9.17, 15) is 13.2 Å². The summed E-state index contributed by atoms with van der Waals surface area (Å²) in [5.41, 5.74) is 2.02. The molecule has 1 heterocycles. The fourth-order valence-corrected chi connectivity index (χ4v) is 3.74. The van der Waals surface area contributed by atoms with Crippen LogP contribution in [0.5, 0.6) is 0 Å². The number of hydrogen-bond acceptors (Lipinski definition) is 4. The van der Waals surface area contributed by atoms with Crippen molar-refractivity contribution in [1.82, 2.24) is 0 Å². The molecule has 0 atom stereocenters. The first-order valence-corrected chi connectivity index (χ1v) is 7.93. The monoisotopic (exact) mass is 281 g/mol. The number of fused-ring (bicyclic) bond motifs is 2. The van der Waals surface area contributed by atoms with Crippen molar-refractivity contribution >= 4 is 21.7 Å². The Morgan fingerprint density at radius 3 is 2.58 bits per heavy atom. The van der Waals surface area contributed by atoms with Crippen LogP contribution >= 0.6 is 0 Å². The number of methoxy groups -OCH3 is 1. The van der Waals surface area contributed by atoms with Gasteiger partial charge in [-0.05, 0) is 30.5 Å². The summed E-state index contributed by atoms with van der Waals surface area (Å²) in [5.74, 6) is -0.451. The van der Waals surface area contributed by atoms with Crippen LogP contribution in [0.25, 0.3) is 0 Å². The fourth-order valence-electron chi connectivity index (χ4n) is 2.75. The van der Waals surface area contributed by atoms with E-state index in [1.807, 2.05) is 6.07 Å². The molecule has 0 saturated heterocycles. The predicted octanol–water partition coefficient (Wildman–Crippen LogP) is 1.28. The fraction of sp³-hybridized carbons (Fsp3) is 0.462. The first-order chi connectivity index (χ1) is 8.87. The second-order valence-corrected chi connectivity index (χ2v) is 7.18. The lowest BCUT2D eigenvalue weighted by Gasteiger charge is -2.17. The van der Waals surface area contributed by atoms with Gasteiger partial charge in [0.15, 0.2) is 0 Å². The molecule has 19 heavy (non-hydrogen) atoms. The Bertz CT molecular complexity index is 661. The molecule has 1 aliphatic heterocycles. The van der Waals surface area contributed by atoms with Gasteiger partial charge in [0.05, 0.1) is 24.6 Å². The first kappa shape index (κ1) is 12.5. The molecule has 1 aliphatic carbocycles. The molecule has 1 aromatic rings. The molecule has 0 radical (unpaired) electrons. The minimum absolute atomic E-state index is 0.0208. The van der Waals surface area contributed by atoms with Crippen LogP contribution in [0.15, 0.2) is 18.2 Å². The Hall–Kier alpha value is -1.56. The highest BCUT2D eigenvalue weighted by atomic mass is 32.2. The van der Waals surface area contributed by atoms with Crippen molar-refractivity contribution in [2.45, 2.75) is 18.3 Å². The number of rotatable bonds is 2. The van der Waals surface area contributed by atoms with Crippen LogP contribution in [-0.2, 0) is 20.2 Å². The standard InChI is InChI=1S/C13H15NO4S/c1-18-12(15)9-3-4-10-11(7-9)14(19(2,16)17)8-13(10)5-6-13/h3-4,7H,5-6,8H2,1-2H3. The molecule has 0 amide bonds. The second kappa shape index (κ2) is 3.72. The summed E-state index contributed by atoms with van der Waals surface area (Å²) in [7, 11) is -2.00. The van der Waals surface area contributed by atoms with E-state index in [1.165, 1.54) is 17.7 Å². The third-order valence-corrected chi connectivity index (χ3v) is 5.09. The van der Waals surface area contributed by atoms with Gasteiger partial charge in [0.2, 0.25) is 10.0 Å². The van der Waals surface area contributed by atoms with E-state index in [0.29, 0.717) is 17.8 Å². The van der Waals surface area contributed by atoms with E-state index in [2.05, 4.69) is 4.74 Å². The van der Waals surface area contributed by atoms with E-state index in [4.69, 9.17) is 0 Å². The van der Waals surface area contributed by atoms with Crippen LogP contribution in [0.3, 0.4) is 0 Å². The van der Waals surface area contributed by atoms with E-state index in [0.717, 1.165) is 18.4 Å². The molecule has 1 aromatic carbocycles. The Labute approximate surface area is 112 Å². The Balaban J connectivity index is 2.14. The molecule has 5 nitrogen and oxygen atoms in total. The lowest BCUT2D eigenvalue weighted by molar-refractivity contribution is 0.0600. The predicted molar refractivity (Wildman–Crippen MR) is 70.9 cm³/mol. The molecule has 1 saturated carbocycles. The number of anilines is 1. The average Bonchev–Trinajstić information content (AvgIpc) is 3.05. The topological polar surface area (TPSA) is 63.7 Å². The summed E-state index contributed by atoms with van der Waals surface area (Å²) < 4.78 is 29.8. The summed E-state index contributed by atoms with van der Waals surface area (Å²) in [5, 5.41) is 0. The van der Waals surface area contributed by atoms with Crippen molar-refractivity contribution < 1.29 is 17.9 Å². The number of benzene rings is 1. The molecule has 1 fully saturated rings. The number of nitrogens with zero attached hydrogens (tertiary/aromatic N) is 1. The number of esters is 1. The molecule has 6 heteroatoms. The summed E-state index contributed by atoms with van der Waals surface area (Å²) in [4.78, 5) is 11.6. The van der Waals surface area contributed by atoms with Crippen LogP contribution in [-0.4, -0.2) is 34.3 Å². The molecular weight excluding hydrogens is 266 g/mol. The van der Waals surface area contributed by atoms with Crippen molar-refractivity contribution in [2.24, 2.45) is 0 Å². The van der Waals surface area contributed by atoms with Crippen LogP contribution in [0, 0.1) is 0 Å². The van der Waals surface area contributed by atoms with Gasteiger partial charge < -0.3 is 4.74 Å². The summed E-state index contributed by atoms with van der Waals surface area (Å²) in [6.45, 7) is 0.492. The van der Waals surface area contributed by atoms with Gasteiger partial charge in [0.1, 0.15) is 0 Å². The molecule has 102 valence electrons. The van der Waals surface area contributed by atoms with Gasteiger partial charge in [-0.3, -0.25) is 4.31 Å². The van der Waals surface area contributed by atoms with Crippen LogP contribution < -0.4 is 4.31 Å². The summed E-state index contributed by atoms with van der Waals surface area (Å²) in [6, 6.07) is 5.19. The minimum atomic E-state index is -3.31. The summed E-state index contributed by atoms with van der Waals surface area (Å²) >= 11 is 0. The minimum Gasteiger partial charge on any atom is -0.465 e. The van der Waals surface area contributed by atoms with Gasteiger partial charge in [-0.1, -0.05) is 6.07 Å². The second-order valence-electron chi connectivity index (χ2n) is 5.27. The number of ether oxygens (including phenoxy) is 1. The van der Waals surface area contributed by atoms with Gasteiger partial charge in [-0.15, -0.1) is 0 Å². The molecule has 1 spiro atoms. The molecule has 3 rings (SSSR count). The molecule has 0 N–H and O–H groups in total. The molecule has 0 bridgehead atoms. The Kier molecular flexibility index (Phi) is 2.44. The normalized spacial score (nSPS) is 19.4. The van der Waals surface area contributed by atoms with E-state index < -0.39 is 16.0 Å². The van der Waals surface area contributed by atoms with Crippen molar-refractivity contribution in [3.05, 3.63) is 29.3 Å². The van der Waals surface area contributed by atoms with Gasteiger partial charge in [-0.25, -0.2) is 13.2 Å². The SMILES string of the molecule is COC(=O)c1ccc2c(c1)N(S(C)(=O)=O)CC21CC1. The van der Waals surface area contributed by atoms with Crippen molar-refractivity contribution in [2.75, 3.05) is 24.2 Å².